The lowest BCUT2D eigenvalue weighted by Gasteiger charge is -2.25. The van der Waals surface area contributed by atoms with Crippen LogP contribution in [0, 0.1) is 0 Å². The summed E-state index contributed by atoms with van der Waals surface area (Å²) in [7, 11) is 0. The third-order valence-corrected chi connectivity index (χ3v) is 3.12. The van der Waals surface area contributed by atoms with Crippen LogP contribution in [0.1, 0.15) is 31.9 Å². The molecule has 1 heterocycles. The molecular weight excluding hydrogens is 228 g/mol. The van der Waals surface area contributed by atoms with E-state index in [1.165, 1.54) is 0 Å². The van der Waals surface area contributed by atoms with Crippen LogP contribution in [0.25, 0.3) is 0 Å². The Morgan fingerprint density at radius 2 is 2.06 bits per heavy atom. The van der Waals surface area contributed by atoms with Crippen molar-refractivity contribution in [2.45, 2.75) is 38.0 Å². The summed E-state index contributed by atoms with van der Waals surface area (Å²) in [5, 5.41) is 2.98. The smallest absolute Gasteiger partial charge is 0.239 e. The van der Waals surface area contributed by atoms with Gasteiger partial charge in [0, 0.05) is 6.61 Å². The Morgan fingerprint density at radius 3 is 2.67 bits per heavy atom. The van der Waals surface area contributed by atoms with E-state index < -0.39 is 5.54 Å². The number of nitrogens with two attached hydrogens (primary N) is 1. The largest absolute Gasteiger partial charge is 0.371 e. The molecule has 1 amide bonds. The van der Waals surface area contributed by atoms with Gasteiger partial charge >= 0.3 is 0 Å². The number of hydrogen-bond acceptors (Lipinski definition) is 3. The molecule has 1 saturated heterocycles. The lowest BCUT2D eigenvalue weighted by Crippen LogP contribution is -2.52. The fraction of sp³-hybridized carbons (Fsp3) is 0.500. The van der Waals surface area contributed by atoms with Crippen LogP contribution >= 0.6 is 0 Å². The van der Waals surface area contributed by atoms with Crippen LogP contribution in [0.5, 0.6) is 0 Å². The molecule has 3 N–H and O–H groups in total. The minimum Gasteiger partial charge on any atom is -0.371 e. The standard InChI is InChI=1S/C14H20N2O2/c1-14(2,15)13(17)16-11-8-9-18-12(11)10-6-4-3-5-7-10/h3-7,11-12H,8-9,15H2,1-2H3,(H,16,17). The maximum Gasteiger partial charge on any atom is 0.239 e. The SMILES string of the molecule is CC(C)(N)C(=O)NC1CCOC1c1ccccc1. The summed E-state index contributed by atoms with van der Waals surface area (Å²) in [6.07, 6.45) is 0.749. The third kappa shape index (κ3) is 2.89. The second-order valence-corrected chi connectivity index (χ2v) is 5.29. The van der Waals surface area contributed by atoms with Gasteiger partial charge in [-0.3, -0.25) is 4.79 Å². The number of ether oxygens (including phenoxy) is 1. The molecule has 0 radical (unpaired) electrons. The topological polar surface area (TPSA) is 64.4 Å². The normalized spacial score (nSPS) is 23.9. The molecule has 1 aromatic rings. The van der Waals surface area contributed by atoms with Crippen molar-refractivity contribution < 1.29 is 9.53 Å². The highest BCUT2D eigenvalue weighted by atomic mass is 16.5. The van der Waals surface area contributed by atoms with Crippen molar-refractivity contribution in [3.05, 3.63) is 35.9 Å². The number of hydrogen-bond donors (Lipinski definition) is 2. The van der Waals surface area contributed by atoms with Crippen molar-refractivity contribution in [2.24, 2.45) is 5.73 Å². The number of benzene rings is 1. The van der Waals surface area contributed by atoms with E-state index in [9.17, 15) is 4.79 Å². The molecule has 1 aliphatic heterocycles. The van der Waals surface area contributed by atoms with Crippen LogP contribution in [0.2, 0.25) is 0 Å². The summed E-state index contributed by atoms with van der Waals surface area (Å²) < 4.78 is 5.71. The summed E-state index contributed by atoms with van der Waals surface area (Å²) >= 11 is 0. The lowest BCUT2D eigenvalue weighted by atomic mass is 10.00. The fourth-order valence-electron chi connectivity index (χ4n) is 2.06. The highest BCUT2D eigenvalue weighted by Crippen LogP contribution is 2.29. The predicted molar refractivity (Wildman–Crippen MR) is 69.9 cm³/mol. The van der Waals surface area contributed by atoms with Gasteiger partial charge in [-0.2, -0.15) is 0 Å². The minimum absolute atomic E-state index is 0.00252. The summed E-state index contributed by atoms with van der Waals surface area (Å²) in [5.41, 5.74) is 6.02. The van der Waals surface area contributed by atoms with Crippen LogP contribution in [0.4, 0.5) is 0 Å². The van der Waals surface area contributed by atoms with E-state index in [0.29, 0.717) is 6.61 Å². The van der Waals surface area contributed by atoms with E-state index in [4.69, 9.17) is 10.5 Å². The van der Waals surface area contributed by atoms with E-state index in [2.05, 4.69) is 5.32 Å². The van der Waals surface area contributed by atoms with Crippen molar-refractivity contribution in [1.29, 1.82) is 0 Å². The van der Waals surface area contributed by atoms with E-state index in [1.807, 2.05) is 30.3 Å². The van der Waals surface area contributed by atoms with Crippen molar-refractivity contribution in [3.8, 4) is 0 Å². The first-order valence-electron chi connectivity index (χ1n) is 6.25. The molecule has 1 aromatic carbocycles. The van der Waals surface area contributed by atoms with Gasteiger partial charge in [0.2, 0.25) is 5.91 Å². The Balaban J connectivity index is 2.07. The third-order valence-electron chi connectivity index (χ3n) is 3.12. The zero-order chi connectivity index (χ0) is 13.2. The lowest BCUT2D eigenvalue weighted by molar-refractivity contribution is -0.126. The van der Waals surface area contributed by atoms with Gasteiger partial charge in [0.25, 0.3) is 0 Å². The predicted octanol–water partition coefficient (Wildman–Crippen LogP) is 1.37. The molecular formula is C14H20N2O2. The summed E-state index contributed by atoms with van der Waals surface area (Å²) in [5.74, 6) is -0.140. The first-order chi connectivity index (χ1) is 8.48. The Hall–Kier alpha value is -1.39. The average Bonchev–Trinajstić information content (AvgIpc) is 2.77. The molecule has 0 spiro atoms. The number of nitrogens with one attached hydrogen (secondary N) is 1. The molecule has 2 rings (SSSR count). The number of carbonyl (C=O) groups excluding carboxylic acids is 1. The van der Waals surface area contributed by atoms with Crippen molar-refractivity contribution in [2.75, 3.05) is 6.61 Å². The van der Waals surface area contributed by atoms with Gasteiger partial charge in [0.1, 0.15) is 6.10 Å². The van der Waals surface area contributed by atoms with Crippen LogP contribution in [-0.4, -0.2) is 24.1 Å². The number of rotatable bonds is 3. The molecule has 2 unspecified atom stereocenters. The Kier molecular flexibility index (Phi) is 3.68. The van der Waals surface area contributed by atoms with E-state index in [-0.39, 0.29) is 18.1 Å². The zero-order valence-electron chi connectivity index (χ0n) is 10.8. The molecule has 0 aliphatic carbocycles. The molecule has 2 atom stereocenters. The fourth-order valence-corrected chi connectivity index (χ4v) is 2.06. The highest BCUT2D eigenvalue weighted by Gasteiger charge is 2.33. The van der Waals surface area contributed by atoms with Crippen LogP contribution in [0.3, 0.4) is 0 Å². The molecule has 4 heteroatoms. The molecule has 98 valence electrons. The molecule has 0 saturated carbocycles. The second kappa shape index (κ2) is 5.08. The quantitative estimate of drug-likeness (QED) is 0.849. The Labute approximate surface area is 108 Å². The molecule has 18 heavy (non-hydrogen) atoms. The van der Waals surface area contributed by atoms with Crippen molar-refractivity contribution >= 4 is 5.91 Å². The van der Waals surface area contributed by atoms with Crippen LogP contribution < -0.4 is 11.1 Å². The average molecular weight is 248 g/mol. The molecule has 0 bridgehead atoms. The van der Waals surface area contributed by atoms with Gasteiger partial charge in [0.05, 0.1) is 11.6 Å². The summed E-state index contributed by atoms with van der Waals surface area (Å²) in [4.78, 5) is 11.9. The maximum atomic E-state index is 11.9. The number of amides is 1. The highest BCUT2D eigenvalue weighted by molar-refractivity contribution is 5.85. The van der Waals surface area contributed by atoms with Gasteiger partial charge < -0.3 is 15.8 Å². The number of carbonyl (C=O) groups is 1. The van der Waals surface area contributed by atoms with Gasteiger partial charge in [-0.05, 0) is 25.8 Å². The molecule has 0 aromatic heterocycles. The van der Waals surface area contributed by atoms with E-state index >= 15 is 0 Å². The Bertz CT molecular complexity index is 412. The zero-order valence-corrected chi connectivity index (χ0v) is 10.8. The van der Waals surface area contributed by atoms with Gasteiger partial charge in [0.15, 0.2) is 0 Å². The molecule has 1 aliphatic rings. The van der Waals surface area contributed by atoms with E-state index in [0.717, 1.165) is 12.0 Å². The van der Waals surface area contributed by atoms with E-state index in [1.54, 1.807) is 13.8 Å². The van der Waals surface area contributed by atoms with Crippen LogP contribution in [-0.2, 0) is 9.53 Å². The molecule has 4 nitrogen and oxygen atoms in total. The van der Waals surface area contributed by atoms with Gasteiger partial charge in [-0.25, -0.2) is 0 Å². The second-order valence-electron chi connectivity index (χ2n) is 5.29. The molecule has 1 fully saturated rings. The van der Waals surface area contributed by atoms with Crippen molar-refractivity contribution in [1.82, 2.24) is 5.32 Å². The van der Waals surface area contributed by atoms with Crippen molar-refractivity contribution in [3.63, 3.8) is 0 Å². The van der Waals surface area contributed by atoms with Crippen LogP contribution in [0.15, 0.2) is 30.3 Å². The van der Waals surface area contributed by atoms with Gasteiger partial charge in [-0.1, -0.05) is 30.3 Å². The minimum atomic E-state index is -0.857. The summed E-state index contributed by atoms with van der Waals surface area (Å²) in [6, 6.07) is 9.95. The first-order valence-corrected chi connectivity index (χ1v) is 6.25. The summed E-state index contributed by atoms with van der Waals surface area (Å²) in [6.45, 7) is 4.07. The maximum absolute atomic E-state index is 11.9. The van der Waals surface area contributed by atoms with Gasteiger partial charge in [-0.15, -0.1) is 0 Å². The first kappa shape index (κ1) is 13.1. The monoisotopic (exact) mass is 248 g/mol. The Morgan fingerprint density at radius 1 is 1.39 bits per heavy atom.